The lowest BCUT2D eigenvalue weighted by Crippen LogP contribution is -2.28. The van der Waals surface area contributed by atoms with Gasteiger partial charge in [-0.05, 0) is 12.1 Å². The number of carbonyl (C=O) groups excluding carboxylic acids is 1. The molecule has 20 heavy (non-hydrogen) atoms. The van der Waals surface area contributed by atoms with Gasteiger partial charge in [-0.1, -0.05) is 0 Å². The first-order valence-corrected chi connectivity index (χ1v) is 6.69. The average Bonchev–Trinajstić information content (AvgIpc) is 2.47. The predicted molar refractivity (Wildman–Crippen MR) is 75.4 cm³/mol. The summed E-state index contributed by atoms with van der Waals surface area (Å²) in [7, 11) is 1.61. The highest BCUT2D eigenvalue weighted by Crippen LogP contribution is 2.32. The molecule has 0 unspecified atom stereocenters. The fourth-order valence-corrected chi connectivity index (χ4v) is 1.85. The molecule has 1 aliphatic rings. The Hall–Kier alpha value is -1.95. The third kappa shape index (κ3) is 4.31. The molecule has 110 valence electrons. The molecule has 6 nitrogen and oxygen atoms in total. The van der Waals surface area contributed by atoms with Gasteiger partial charge in [-0.15, -0.1) is 0 Å². The molecule has 0 atom stereocenters. The van der Waals surface area contributed by atoms with Gasteiger partial charge in [0.1, 0.15) is 13.2 Å². The van der Waals surface area contributed by atoms with Crippen molar-refractivity contribution in [2.45, 2.75) is 6.42 Å². The van der Waals surface area contributed by atoms with Gasteiger partial charge in [0.25, 0.3) is 0 Å². The second-order valence-electron chi connectivity index (χ2n) is 4.38. The number of rotatable bonds is 7. The number of methoxy groups -OCH3 is 1. The summed E-state index contributed by atoms with van der Waals surface area (Å²) in [6.07, 6.45) is 0.415. The van der Waals surface area contributed by atoms with E-state index in [1.165, 1.54) is 0 Å². The second-order valence-corrected chi connectivity index (χ2v) is 4.38. The fourth-order valence-electron chi connectivity index (χ4n) is 1.85. The standard InChI is InChI=1S/C14H20N2O4/c1-18-7-6-16-14(17)4-5-15-11-2-3-12-13(10-11)20-9-8-19-12/h2-3,10,15H,4-9H2,1H3,(H,16,17). The molecule has 2 N–H and O–H groups in total. The highest BCUT2D eigenvalue weighted by atomic mass is 16.6. The highest BCUT2D eigenvalue weighted by molar-refractivity contribution is 5.76. The van der Waals surface area contributed by atoms with E-state index in [2.05, 4.69) is 10.6 Å². The highest BCUT2D eigenvalue weighted by Gasteiger charge is 2.11. The number of hydrogen-bond acceptors (Lipinski definition) is 5. The van der Waals surface area contributed by atoms with Crippen molar-refractivity contribution >= 4 is 11.6 Å². The minimum absolute atomic E-state index is 0.00657. The third-order valence-corrected chi connectivity index (χ3v) is 2.85. The van der Waals surface area contributed by atoms with Crippen molar-refractivity contribution < 1.29 is 19.0 Å². The van der Waals surface area contributed by atoms with Crippen molar-refractivity contribution in [3.05, 3.63) is 18.2 Å². The van der Waals surface area contributed by atoms with Crippen LogP contribution in [0.1, 0.15) is 6.42 Å². The van der Waals surface area contributed by atoms with Gasteiger partial charge in [0.15, 0.2) is 11.5 Å². The molecular weight excluding hydrogens is 260 g/mol. The topological polar surface area (TPSA) is 68.8 Å². The number of fused-ring (bicyclic) bond motifs is 1. The number of anilines is 1. The second kappa shape index (κ2) is 7.59. The molecule has 1 aliphatic heterocycles. The number of ether oxygens (including phenoxy) is 3. The maximum absolute atomic E-state index is 11.5. The molecule has 0 aliphatic carbocycles. The zero-order valence-corrected chi connectivity index (χ0v) is 11.6. The Morgan fingerprint density at radius 3 is 2.85 bits per heavy atom. The van der Waals surface area contributed by atoms with Crippen LogP contribution in [0.25, 0.3) is 0 Å². The summed E-state index contributed by atoms with van der Waals surface area (Å²) in [5, 5.41) is 5.96. The van der Waals surface area contributed by atoms with Crippen molar-refractivity contribution in [3.8, 4) is 11.5 Å². The molecule has 1 amide bonds. The van der Waals surface area contributed by atoms with Gasteiger partial charge >= 0.3 is 0 Å². The van der Waals surface area contributed by atoms with Crippen molar-refractivity contribution in [2.24, 2.45) is 0 Å². The Balaban J connectivity index is 1.72. The van der Waals surface area contributed by atoms with Gasteiger partial charge in [-0.2, -0.15) is 0 Å². The van der Waals surface area contributed by atoms with Crippen molar-refractivity contribution in [3.63, 3.8) is 0 Å². The van der Waals surface area contributed by atoms with Gasteiger partial charge in [0, 0.05) is 38.4 Å². The molecule has 0 saturated carbocycles. The van der Waals surface area contributed by atoms with E-state index in [9.17, 15) is 4.79 Å². The Kier molecular flexibility index (Phi) is 5.49. The lowest BCUT2D eigenvalue weighted by atomic mass is 10.2. The average molecular weight is 280 g/mol. The van der Waals surface area contributed by atoms with Crippen molar-refractivity contribution in [2.75, 3.05) is 45.3 Å². The van der Waals surface area contributed by atoms with E-state index in [0.29, 0.717) is 39.3 Å². The number of nitrogens with one attached hydrogen (secondary N) is 2. The number of carbonyl (C=O) groups is 1. The third-order valence-electron chi connectivity index (χ3n) is 2.85. The SMILES string of the molecule is COCCNC(=O)CCNc1ccc2c(c1)OCCO2. The summed E-state index contributed by atoms with van der Waals surface area (Å²) in [5.74, 6) is 1.51. The Bertz CT molecular complexity index is 451. The smallest absolute Gasteiger partial charge is 0.221 e. The van der Waals surface area contributed by atoms with E-state index in [-0.39, 0.29) is 5.91 Å². The summed E-state index contributed by atoms with van der Waals surface area (Å²) >= 11 is 0. The van der Waals surface area contributed by atoms with Crippen LogP contribution < -0.4 is 20.1 Å². The summed E-state index contributed by atoms with van der Waals surface area (Å²) < 4.78 is 15.8. The van der Waals surface area contributed by atoms with E-state index in [0.717, 1.165) is 17.2 Å². The summed E-state index contributed by atoms with van der Waals surface area (Å²) in [4.78, 5) is 11.5. The van der Waals surface area contributed by atoms with Crippen LogP contribution in [-0.4, -0.2) is 45.9 Å². The number of hydrogen-bond donors (Lipinski definition) is 2. The van der Waals surface area contributed by atoms with E-state index in [4.69, 9.17) is 14.2 Å². The predicted octanol–water partition coefficient (Wildman–Crippen LogP) is 1.02. The molecule has 0 saturated heterocycles. The molecule has 0 spiro atoms. The molecule has 1 aromatic carbocycles. The number of benzene rings is 1. The molecule has 0 bridgehead atoms. The number of amides is 1. The van der Waals surface area contributed by atoms with Crippen LogP contribution >= 0.6 is 0 Å². The zero-order valence-electron chi connectivity index (χ0n) is 11.6. The van der Waals surface area contributed by atoms with Gasteiger partial charge < -0.3 is 24.8 Å². The first-order valence-electron chi connectivity index (χ1n) is 6.69. The van der Waals surface area contributed by atoms with E-state index >= 15 is 0 Å². The minimum Gasteiger partial charge on any atom is -0.486 e. The monoisotopic (exact) mass is 280 g/mol. The molecule has 1 heterocycles. The molecule has 2 rings (SSSR count). The summed E-state index contributed by atoms with van der Waals surface area (Å²) in [6.45, 7) is 2.79. The van der Waals surface area contributed by atoms with Crippen LogP contribution in [0, 0.1) is 0 Å². The molecule has 0 radical (unpaired) electrons. The summed E-state index contributed by atoms with van der Waals surface area (Å²) in [6, 6.07) is 5.67. The minimum atomic E-state index is 0.00657. The van der Waals surface area contributed by atoms with Crippen LogP contribution in [0.2, 0.25) is 0 Å². The van der Waals surface area contributed by atoms with Gasteiger partial charge in [0.2, 0.25) is 5.91 Å². The van der Waals surface area contributed by atoms with Gasteiger partial charge in [-0.25, -0.2) is 0 Å². The lowest BCUT2D eigenvalue weighted by Gasteiger charge is -2.19. The molecule has 0 aromatic heterocycles. The van der Waals surface area contributed by atoms with Crippen LogP contribution in [0.15, 0.2) is 18.2 Å². The Morgan fingerprint density at radius 2 is 2.05 bits per heavy atom. The molecule has 6 heteroatoms. The van der Waals surface area contributed by atoms with Crippen molar-refractivity contribution in [1.29, 1.82) is 0 Å². The first-order chi connectivity index (χ1) is 9.79. The van der Waals surface area contributed by atoms with E-state index in [1.54, 1.807) is 7.11 Å². The zero-order chi connectivity index (χ0) is 14.2. The van der Waals surface area contributed by atoms with Crippen LogP contribution in [0.5, 0.6) is 11.5 Å². The maximum atomic E-state index is 11.5. The van der Waals surface area contributed by atoms with E-state index in [1.807, 2.05) is 18.2 Å². The van der Waals surface area contributed by atoms with Crippen LogP contribution in [-0.2, 0) is 9.53 Å². The van der Waals surface area contributed by atoms with E-state index < -0.39 is 0 Å². The largest absolute Gasteiger partial charge is 0.486 e. The maximum Gasteiger partial charge on any atom is 0.221 e. The van der Waals surface area contributed by atoms with Gasteiger partial charge in [-0.3, -0.25) is 4.79 Å². The Labute approximate surface area is 118 Å². The molecule has 1 aromatic rings. The first kappa shape index (κ1) is 14.5. The normalized spacial score (nSPS) is 12.8. The lowest BCUT2D eigenvalue weighted by molar-refractivity contribution is -0.121. The quantitative estimate of drug-likeness (QED) is 0.730. The van der Waals surface area contributed by atoms with Gasteiger partial charge in [0.05, 0.1) is 6.61 Å². The van der Waals surface area contributed by atoms with Crippen LogP contribution in [0.4, 0.5) is 5.69 Å². The Morgan fingerprint density at radius 1 is 1.25 bits per heavy atom. The molecular formula is C14H20N2O4. The van der Waals surface area contributed by atoms with Crippen LogP contribution in [0.3, 0.4) is 0 Å². The fraction of sp³-hybridized carbons (Fsp3) is 0.500. The van der Waals surface area contributed by atoms with Crippen molar-refractivity contribution in [1.82, 2.24) is 5.32 Å². The molecule has 0 fully saturated rings. The summed E-state index contributed by atoms with van der Waals surface area (Å²) in [5.41, 5.74) is 0.916.